The predicted octanol–water partition coefficient (Wildman–Crippen LogP) is 2.76. The van der Waals surface area contributed by atoms with Gasteiger partial charge in [0.25, 0.3) is 0 Å². The van der Waals surface area contributed by atoms with Gasteiger partial charge in [-0.1, -0.05) is 15.9 Å². The normalized spacial score (nSPS) is 14.2. The molecule has 0 unspecified atom stereocenters. The number of fused-ring (bicyclic) bond motifs is 1. The van der Waals surface area contributed by atoms with Gasteiger partial charge in [-0.3, -0.25) is 4.79 Å². The number of hydrogen-bond donors (Lipinski definition) is 0. The summed E-state index contributed by atoms with van der Waals surface area (Å²) < 4.78 is 2.75. The second kappa shape index (κ2) is 3.56. The summed E-state index contributed by atoms with van der Waals surface area (Å²) in [5, 5.41) is 4.27. The Morgan fingerprint density at radius 2 is 1.94 bits per heavy atom. The minimum atomic E-state index is 0.190. The van der Waals surface area contributed by atoms with E-state index in [1.807, 2.05) is 24.3 Å². The number of rotatable bonds is 1. The molecule has 1 aliphatic carbocycles. The van der Waals surface area contributed by atoms with Gasteiger partial charge in [0.05, 0.1) is 11.9 Å². The van der Waals surface area contributed by atoms with E-state index in [-0.39, 0.29) is 5.78 Å². The average molecular weight is 277 g/mol. The molecule has 0 aliphatic heterocycles. The van der Waals surface area contributed by atoms with Crippen molar-refractivity contribution in [2.75, 3.05) is 0 Å². The van der Waals surface area contributed by atoms with Gasteiger partial charge < -0.3 is 0 Å². The monoisotopic (exact) mass is 276 g/mol. The van der Waals surface area contributed by atoms with E-state index in [1.165, 1.54) is 0 Å². The summed E-state index contributed by atoms with van der Waals surface area (Å²) in [4.78, 5) is 11.7. The van der Waals surface area contributed by atoms with Crippen molar-refractivity contribution in [3.63, 3.8) is 0 Å². The molecule has 0 spiro atoms. The first-order valence-corrected chi connectivity index (χ1v) is 5.91. The SMILES string of the molecule is O=C1CCc2cnn(-c3ccc(Br)cc3)c21. The molecule has 1 heterocycles. The number of aromatic nitrogens is 2. The van der Waals surface area contributed by atoms with Crippen LogP contribution in [0.2, 0.25) is 0 Å². The van der Waals surface area contributed by atoms with Crippen LogP contribution in [0.4, 0.5) is 0 Å². The third-order valence-corrected chi connectivity index (χ3v) is 3.33. The molecule has 2 aromatic rings. The summed E-state index contributed by atoms with van der Waals surface area (Å²) in [6, 6.07) is 7.79. The van der Waals surface area contributed by atoms with Gasteiger partial charge in [0.15, 0.2) is 5.78 Å². The Morgan fingerprint density at radius 1 is 1.19 bits per heavy atom. The van der Waals surface area contributed by atoms with E-state index in [4.69, 9.17) is 0 Å². The van der Waals surface area contributed by atoms with E-state index in [9.17, 15) is 4.79 Å². The molecule has 0 N–H and O–H groups in total. The molecular formula is C12H9BrN2O. The average Bonchev–Trinajstić information content (AvgIpc) is 2.84. The number of halogens is 1. The topological polar surface area (TPSA) is 34.9 Å². The number of aryl methyl sites for hydroxylation is 1. The summed E-state index contributed by atoms with van der Waals surface area (Å²) in [5.41, 5.74) is 2.75. The molecule has 0 saturated carbocycles. The Hall–Kier alpha value is -1.42. The van der Waals surface area contributed by atoms with Crippen molar-refractivity contribution in [1.82, 2.24) is 9.78 Å². The van der Waals surface area contributed by atoms with Crippen LogP contribution in [0.15, 0.2) is 34.9 Å². The van der Waals surface area contributed by atoms with Gasteiger partial charge in [-0.25, -0.2) is 4.68 Å². The van der Waals surface area contributed by atoms with Gasteiger partial charge in [0, 0.05) is 16.5 Å². The molecule has 0 radical (unpaired) electrons. The Bertz CT molecular complexity index is 557. The van der Waals surface area contributed by atoms with Crippen LogP contribution in [0.1, 0.15) is 22.5 Å². The van der Waals surface area contributed by atoms with Crippen molar-refractivity contribution >= 4 is 21.7 Å². The van der Waals surface area contributed by atoms with Crippen LogP contribution in [0.3, 0.4) is 0 Å². The Kier molecular flexibility index (Phi) is 2.17. The van der Waals surface area contributed by atoms with Crippen molar-refractivity contribution in [2.45, 2.75) is 12.8 Å². The van der Waals surface area contributed by atoms with Crippen LogP contribution >= 0.6 is 15.9 Å². The van der Waals surface area contributed by atoms with Crippen LogP contribution in [0.5, 0.6) is 0 Å². The van der Waals surface area contributed by atoms with Crippen LogP contribution in [-0.4, -0.2) is 15.6 Å². The summed E-state index contributed by atoms with van der Waals surface area (Å²) in [5.74, 6) is 0.190. The summed E-state index contributed by atoms with van der Waals surface area (Å²) >= 11 is 3.39. The molecule has 0 amide bonds. The van der Waals surface area contributed by atoms with Crippen molar-refractivity contribution in [3.8, 4) is 5.69 Å². The first-order valence-electron chi connectivity index (χ1n) is 5.12. The van der Waals surface area contributed by atoms with E-state index in [0.29, 0.717) is 6.42 Å². The lowest BCUT2D eigenvalue weighted by atomic mass is 10.2. The third-order valence-electron chi connectivity index (χ3n) is 2.80. The molecule has 3 nitrogen and oxygen atoms in total. The van der Waals surface area contributed by atoms with Crippen molar-refractivity contribution in [1.29, 1.82) is 0 Å². The van der Waals surface area contributed by atoms with E-state index in [0.717, 1.165) is 27.8 Å². The number of Topliss-reactive ketones (excluding diaryl/α,β-unsaturated/α-hetero) is 1. The number of ketones is 1. The smallest absolute Gasteiger partial charge is 0.181 e. The molecule has 0 bridgehead atoms. The molecule has 16 heavy (non-hydrogen) atoms. The Balaban J connectivity index is 2.14. The van der Waals surface area contributed by atoms with Crippen molar-refractivity contribution in [3.05, 3.63) is 46.2 Å². The first kappa shape index (κ1) is 9.78. The fourth-order valence-corrected chi connectivity index (χ4v) is 2.27. The van der Waals surface area contributed by atoms with Crippen LogP contribution in [-0.2, 0) is 6.42 Å². The molecule has 3 rings (SSSR count). The van der Waals surface area contributed by atoms with Crippen LogP contribution in [0, 0.1) is 0 Å². The fraction of sp³-hybridized carbons (Fsp3) is 0.167. The second-order valence-corrected chi connectivity index (χ2v) is 4.75. The Morgan fingerprint density at radius 3 is 2.69 bits per heavy atom. The van der Waals surface area contributed by atoms with Gasteiger partial charge in [-0.05, 0) is 30.7 Å². The highest BCUT2D eigenvalue weighted by Gasteiger charge is 2.25. The highest BCUT2D eigenvalue weighted by Crippen LogP contribution is 2.24. The van der Waals surface area contributed by atoms with Gasteiger partial charge in [-0.15, -0.1) is 0 Å². The number of benzene rings is 1. The van der Waals surface area contributed by atoms with Gasteiger partial charge in [0.2, 0.25) is 0 Å². The lowest BCUT2D eigenvalue weighted by Crippen LogP contribution is -2.05. The minimum absolute atomic E-state index is 0.190. The van der Waals surface area contributed by atoms with Gasteiger partial charge in [0.1, 0.15) is 5.69 Å². The van der Waals surface area contributed by atoms with Crippen LogP contribution < -0.4 is 0 Å². The fourth-order valence-electron chi connectivity index (χ4n) is 2.01. The molecule has 1 aliphatic rings. The Labute approximate surface area is 101 Å². The summed E-state index contributed by atoms with van der Waals surface area (Å²) in [7, 11) is 0. The lowest BCUT2D eigenvalue weighted by Gasteiger charge is -2.04. The molecule has 1 aromatic carbocycles. The van der Waals surface area contributed by atoms with Crippen molar-refractivity contribution < 1.29 is 4.79 Å². The molecule has 80 valence electrons. The van der Waals surface area contributed by atoms with Crippen molar-refractivity contribution in [2.24, 2.45) is 0 Å². The van der Waals surface area contributed by atoms with E-state index in [2.05, 4.69) is 21.0 Å². The van der Waals surface area contributed by atoms with Gasteiger partial charge in [-0.2, -0.15) is 5.10 Å². The quantitative estimate of drug-likeness (QED) is 0.803. The van der Waals surface area contributed by atoms with Gasteiger partial charge >= 0.3 is 0 Å². The predicted molar refractivity (Wildman–Crippen MR) is 63.9 cm³/mol. The van der Waals surface area contributed by atoms with Crippen LogP contribution in [0.25, 0.3) is 5.69 Å². The standard InChI is InChI=1S/C12H9BrN2O/c13-9-2-4-10(5-3-9)15-12-8(7-14-15)1-6-11(12)16/h2-5,7H,1,6H2. The minimum Gasteiger partial charge on any atom is -0.292 e. The zero-order valence-corrected chi connectivity index (χ0v) is 10.1. The number of hydrogen-bond acceptors (Lipinski definition) is 2. The highest BCUT2D eigenvalue weighted by atomic mass is 79.9. The maximum Gasteiger partial charge on any atom is 0.181 e. The number of carbonyl (C=O) groups excluding carboxylic acids is 1. The molecular weight excluding hydrogens is 268 g/mol. The summed E-state index contributed by atoms with van der Waals surface area (Å²) in [6.07, 6.45) is 3.23. The second-order valence-electron chi connectivity index (χ2n) is 3.83. The first-order chi connectivity index (χ1) is 7.75. The molecule has 0 saturated heterocycles. The zero-order chi connectivity index (χ0) is 11.1. The van der Waals surface area contributed by atoms with E-state index < -0.39 is 0 Å². The summed E-state index contributed by atoms with van der Waals surface area (Å²) in [6.45, 7) is 0. The molecule has 0 fully saturated rings. The molecule has 0 atom stereocenters. The maximum absolute atomic E-state index is 11.7. The van der Waals surface area contributed by atoms with E-state index >= 15 is 0 Å². The largest absolute Gasteiger partial charge is 0.292 e. The molecule has 1 aromatic heterocycles. The zero-order valence-electron chi connectivity index (χ0n) is 8.48. The number of carbonyl (C=O) groups is 1. The van der Waals surface area contributed by atoms with E-state index in [1.54, 1.807) is 10.9 Å². The third kappa shape index (κ3) is 1.41. The highest BCUT2D eigenvalue weighted by molar-refractivity contribution is 9.10. The maximum atomic E-state index is 11.7. The lowest BCUT2D eigenvalue weighted by molar-refractivity contribution is 0.0987. The molecule has 4 heteroatoms. The number of nitrogens with zero attached hydrogens (tertiary/aromatic N) is 2.